The molecule has 8 heteroatoms. The second kappa shape index (κ2) is 4.42. The Morgan fingerprint density at radius 2 is 2.16 bits per heavy atom. The Hall–Kier alpha value is -1.74. The first-order chi connectivity index (χ1) is 9.13. The molecule has 3 heterocycles. The van der Waals surface area contributed by atoms with Crippen LogP contribution >= 0.6 is 0 Å². The molecule has 0 saturated carbocycles. The summed E-state index contributed by atoms with van der Waals surface area (Å²) in [6.45, 7) is -0.418. The average molecular weight is 268 g/mol. The Balaban J connectivity index is 2.06. The number of H-pyrrole nitrogens is 1. The summed E-state index contributed by atoms with van der Waals surface area (Å²) < 4.78 is 10.5. The lowest BCUT2D eigenvalue weighted by molar-refractivity contribution is -0.0226. The minimum absolute atomic E-state index is 0.0234. The maximum absolute atomic E-state index is 11.5. The van der Waals surface area contributed by atoms with E-state index >= 15 is 0 Å². The van der Waals surface area contributed by atoms with Crippen molar-refractivity contribution < 1.29 is 24.5 Å². The van der Waals surface area contributed by atoms with Crippen LogP contribution in [0.5, 0.6) is 0 Å². The number of ether oxygens (including phenoxy) is 1. The summed E-state index contributed by atoms with van der Waals surface area (Å²) in [5.41, 5.74) is 0.209. The first-order valence-electron chi connectivity index (χ1n) is 5.70. The fraction of sp³-hybridized carbons (Fsp3) is 0.455. The van der Waals surface area contributed by atoms with Gasteiger partial charge < -0.3 is 29.5 Å². The molecule has 1 aliphatic rings. The second-order valence-corrected chi connectivity index (χ2v) is 4.36. The molecule has 0 radical (unpaired) electrons. The molecule has 0 aliphatic carbocycles. The Kier molecular flexibility index (Phi) is 2.86. The Labute approximate surface area is 106 Å². The summed E-state index contributed by atoms with van der Waals surface area (Å²) in [4.78, 5) is 17.8. The molecule has 1 fully saturated rings. The third-order valence-electron chi connectivity index (χ3n) is 3.24. The highest BCUT2D eigenvalue weighted by Gasteiger charge is 2.44. The van der Waals surface area contributed by atoms with E-state index in [1.54, 1.807) is 0 Å². The molecular weight excluding hydrogens is 256 g/mol. The van der Waals surface area contributed by atoms with Gasteiger partial charge in [-0.25, -0.2) is 4.98 Å². The monoisotopic (exact) mass is 268 g/mol. The van der Waals surface area contributed by atoms with Gasteiger partial charge in [-0.2, -0.15) is 0 Å². The molecule has 4 N–H and O–H groups in total. The number of aliphatic hydroxyl groups is 3. The molecule has 3 rings (SSSR count). The third kappa shape index (κ3) is 1.77. The molecule has 0 bridgehead atoms. The van der Waals surface area contributed by atoms with E-state index in [9.17, 15) is 15.0 Å². The fourth-order valence-electron chi connectivity index (χ4n) is 2.24. The van der Waals surface area contributed by atoms with Crippen molar-refractivity contribution in [3.05, 3.63) is 28.5 Å². The van der Waals surface area contributed by atoms with Crippen molar-refractivity contribution in [1.29, 1.82) is 0 Å². The van der Waals surface area contributed by atoms with E-state index in [-0.39, 0.29) is 11.1 Å². The maximum atomic E-state index is 11.5. The molecule has 0 spiro atoms. The zero-order chi connectivity index (χ0) is 13.6. The Morgan fingerprint density at radius 1 is 1.37 bits per heavy atom. The fourth-order valence-corrected chi connectivity index (χ4v) is 2.24. The number of hydrogen-bond donors (Lipinski definition) is 4. The van der Waals surface area contributed by atoms with Crippen LogP contribution in [0, 0.1) is 0 Å². The Bertz CT molecular complexity index is 650. The third-order valence-corrected chi connectivity index (χ3v) is 3.24. The molecule has 1 saturated heterocycles. The van der Waals surface area contributed by atoms with Crippen LogP contribution in [0.3, 0.4) is 0 Å². The van der Waals surface area contributed by atoms with E-state index in [1.165, 1.54) is 12.6 Å². The van der Waals surface area contributed by atoms with Crippen molar-refractivity contribution in [2.24, 2.45) is 0 Å². The Morgan fingerprint density at radius 3 is 2.84 bits per heavy atom. The van der Waals surface area contributed by atoms with Crippen molar-refractivity contribution in [2.45, 2.75) is 24.4 Å². The highest BCUT2D eigenvalue weighted by atomic mass is 16.6. The van der Waals surface area contributed by atoms with Crippen molar-refractivity contribution in [2.75, 3.05) is 6.61 Å². The van der Waals surface area contributed by atoms with Crippen LogP contribution in [-0.4, -0.2) is 50.2 Å². The lowest BCUT2D eigenvalue weighted by Gasteiger charge is -2.12. The second-order valence-electron chi connectivity index (χ2n) is 4.36. The number of nitrogens with zero attached hydrogens (tertiary/aromatic N) is 1. The quantitative estimate of drug-likeness (QED) is 0.531. The number of hydrogen-bond acceptors (Lipinski definition) is 7. The number of furan rings is 1. The predicted octanol–water partition coefficient (Wildman–Crippen LogP) is -1.33. The molecule has 0 aromatic carbocycles. The minimum Gasteiger partial charge on any atom is -0.456 e. The van der Waals surface area contributed by atoms with E-state index in [1.807, 2.05) is 0 Å². The normalized spacial score (nSPS) is 31.1. The summed E-state index contributed by atoms with van der Waals surface area (Å²) in [6, 6.07) is 0. The molecule has 2 aromatic heterocycles. The van der Waals surface area contributed by atoms with E-state index in [0.29, 0.717) is 5.56 Å². The summed E-state index contributed by atoms with van der Waals surface area (Å²) in [6.07, 6.45) is -1.74. The smallest absolute Gasteiger partial charge is 0.294 e. The molecule has 0 unspecified atom stereocenters. The summed E-state index contributed by atoms with van der Waals surface area (Å²) in [7, 11) is 0. The van der Waals surface area contributed by atoms with Crippen molar-refractivity contribution in [3.63, 3.8) is 0 Å². The summed E-state index contributed by atoms with van der Waals surface area (Å²) in [5.74, 6) is 0. The molecular formula is C11H12N2O6. The molecule has 2 aromatic rings. The molecule has 1 aliphatic heterocycles. The highest BCUT2D eigenvalue weighted by Crippen LogP contribution is 2.36. The molecule has 102 valence electrons. The standard InChI is InChI=1S/C11H12N2O6/c14-1-5-7(15)8(16)9(19-5)4-2-18-10-6(4)12-3-13-11(10)17/h2-3,5,7-9,14-16H,1H2,(H,12,13,17)/t5-,7-,8-,9+/m1/s1. The number of nitrogens with one attached hydrogen (secondary N) is 1. The SMILES string of the molecule is O=c1[nH]cnc2c([C@@H]3O[C@H](CO)[C@@H](O)[C@H]3O)coc12. The van der Waals surface area contributed by atoms with E-state index in [4.69, 9.17) is 14.3 Å². The molecule has 8 nitrogen and oxygen atoms in total. The number of rotatable bonds is 2. The van der Waals surface area contributed by atoms with E-state index in [2.05, 4.69) is 9.97 Å². The van der Waals surface area contributed by atoms with Crippen LogP contribution in [0.15, 0.2) is 21.8 Å². The molecule has 19 heavy (non-hydrogen) atoms. The summed E-state index contributed by atoms with van der Waals surface area (Å²) in [5, 5.41) is 28.7. The molecule has 4 atom stereocenters. The topological polar surface area (TPSA) is 129 Å². The summed E-state index contributed by atoms with van der Waals surface area (Å²) >= 11 is 0. The van der Waals surface area contributed by atoms with Gasteiger partial charge >= 0.3 is 0 Å². The zero-order valence-corrected chi connectivity index (χ0v) is 9.68. The predicted molar refractivity (Wildman–Crippen MR) is 61.3 cm³/mol. The van der Waals surface area contributed by atoms with Crippen LogP contribution in [0.1, 0.15) is 11.7 Å². The number of aromatic amines is 1. The van der Waals surface area contributed by atoms with Crippen LogP contribution in [0.4, 0.5) is 0 Å². The van der Waals surface area contributed by atoms with Gasteiger partial charge in [0.1, 0.15) is 29.9 Å². The van der Waals surface area contributed by atoms with Gasteiger partial charge in [0.15, 0.2) is 0 Å². The highest BCUT2D eigenvalue weighted by molar-refractivity contribution is 5.75. The van der Waals surface area contributed by atoms with Crippen molar-refractivity contribution in [1.82, 2.24) is 9.97 Å². The van der Waals surface area contributed by atoms with Gasteiger partial charge in [0.2, 0.25) is 5.58 Å². The van der Waals surface area contributed by atoms with Crippen LogP contribution in [0.25, 0.3) is 11.1 Å². The van der Waals surface area contributed by atoms with E-state index in [0.717, 1.165) is 0 Å². The van der Waals surface area contributed by atoms with Gasteiger partial charge in [-0.1, -0.05) is 0 Å². The maximum Gasteiger partial charge on any atom is 0.294 e. The number of aliphatic hydroxyl groups excluding tert-OH is 3. The number of fused-ring (bicyclic) bond motifs is 1. The zero-order valence-electron chi connectivity index (χ0n) is 9.68. The van der Waals surface area contributed by atoms with Gasteiger partial charge in [-0.05, 0) is 0 Å². The largest absolute Gasteiger partial charge is 0.456 e. The van der Waals surface area contributed by atoms with E-state index < -0.39 is 36.6 Å². The average Bonchev–Trinajstić information content (AvgIpc) is 2.94. The van der Waals surface area contributed by atoms with Crippen molar-refractivity contribution in [3.8, 4) is 0 Å². The minimum atomic E-state index is -1.22. The molecule has 0 amide bonds. The van der Waals surface area contributed by atoms with Crippen LogP contribution in [0.2, 0.25) is 0 Å². The van der Waals surface area contributed by atoms with Gasteiger partial charge in [0, 0.05) is 5.56 Å². The van der Waals surface area contributed by atoms with Gasteiger partial charge in [-0.3, -0.25) is 4.79 Å². The number of aromatic nitrogens is 2. The van der Waals surface area contributed by atoms with Crippen LogP contribution in [-0.2, 0) is 4.74 Å². The van der Waals surface area contributed by atoms with Crippen molar-refractivity contribution >= 4 is 11.1 Å². The first kappa shape index (κ1) is 12.3. The lowest BCUT2D eigenvalue weighted by atomic mass is 10.0. The van der Waals surface area contributed by atoms with Crippen LogP contribution < -0.4 is 5.56 Å². The lowest BCUT2D eigenvalue weighted by Crippen LogP contribution is -2.32. The van der Waals surface area contributed by atoms with Gasteiger partial charge in [0.05, 0.1) is 19.2 Å². The van der Waals surface area contributed by atoms with Gasteiger partial charge in [-0.15, -0.1) is 0 Å². The van der Waals surface area contributed by atoms with Gasteiger partial charge in [0.25, 0.3) is 5.56 Å². The first-order valence-corrected chi connectivity index (χ1v) is 5.70.